The lowest BCUT2D eigenvalue weighted by molar-refractivity contribution is 0.0359. The fourth-order valence-corrected chi connectivity index (χ4v) is 7.91. The Labute approximate surface area is 212 Å². The molecule has 1 aromatic carbocycles. The molecule has 1 spiro atoms. The molecule has 6 nitrogen and oxygen atoms in total. The van der Waals surface area contributed by atoms with Crippen LogP contribution in [0.5, 0.6) is 5.75 Å². The van der Waals surface area contributed by atoms with E-state index in [1.807, 2.05) is 6.20 Å². The topological polar surface area (TPSA) is 53.8 Å². The van der Waals surface area contributed by atoms with Crippen molar-refractivity contribution in [3.63, 3.8) is 0 Å². The van der Waals surface area contributed by atoms with E-state index < -0.39 is 0 Å². The Morgan fingerprint density at radius 3 is 2.69 bits per heavy atom. The molecule has 6 rings (SSSR count). The molecule has 35 heavy (non-hydrogen) atoms. The fraction of sp³-hybridized carbons (Fsp3) is 0.607. The molecule has 1 aliphatic carbocycles. The van der Waals surface area contributed by atoms with E-state index in [0.29, 0.717) is 0 Å². The molecular weight excluding hydrogens is 456 g/mol. The van der Waals surface area contributed by atoms with Gasteiger partial charge in [-0.15, -0.1) is 11.3 Å². The first-order valence-corrected chi connectivity index (χ1v) is 14.1. The summed E-state index contributed by atoms with van der Waals surface area (Å²) in [6.07, 6.45) is 9.60. The van der Waals surface area contributed by atoms with E-state index in [2.05, 4.69) is 50.0 Å². The zero-order chi connectivity index (χ0) is 24.0. The van der Waals surface area contributed by atoms with Crippen molar-refractivity contribution in [2.24, 2.45) is 13.0 Å². The predicted molar refractivity (Wildman–Crippen MR) is 141 cm³/mol. The van der Waals surface area contributed by atoms with E-state index >= 15 is 0 Å². The van der Waals surface area contributed by atoms with E-state index in [1.165, 1.54) is 52.9 Å². The first-order valence-electron chi connectivity index (χ1n) is 13.2. The van der Waals surface area contributed by atoms with Crippen molar-refractivity contribution in [3.05, 3.63) is 46.0 Å². The standard InChI is InChI=1S/C28H38N4O2S/c1-30-23-15-21(34-2)7-8-22(23)26-27(30)24(18-33)32(16-20-5-3-4-6-20)19-28(26)9-12-31(13-10-28)17-25-29-11-14-35-25/h7-8,11,14-15,20,24,33H,3-6,9-10,12-13,16-19H2,1-2H3/t24-/m1/s1. The summed E-state index contributed by atoms with van der Waals surface area (Å²) in [6.45, 7) is 5.48. The summed E-state index contributed by atoms with van der Waals surface area (Å²) in [4.78, 5) is 9.77. The summed E-state index contributed by atoms with van der Waals surface area (Å²) in [5, 5.41) is 15.3. The number of likely N-dealkylation sites (tertiary alicyclic amines) is 1. The molecule has 1 N–H and O–H groups in total. The summed E-state index contributed by atoms with van der Waals surface area (Å²) in [5.74, 6) is 1.66. The van der Waals surface area contributed by atoms with Crippen LogP contribution in [0.25, 0.3) is 10.9 Å². The Kier molecular flexibility index (Phi) is 6.37. The lowest BCUT2D eigenvalue weighted by Gasteiger charge is -2.51. The summed E-state index contributed by atoms with van der Waals surface area (Å²) in [5.41, 5.74) is 4.16. The molecule has 7 heteroatoms. The lowest BCUT2D eigenvalue weighted by atomic mass is 9.68. The number of aryl methyl sites for hydroxylation is 1. The maximum Gasteiger partial charge on any atom is 0.120 e. The van der Waals surface area contributed by atoms with Crippen molar-refractivity contribution in [3.8, 4) is 5.75 Å². The number of thiazole rings is 1. The van der Waals surface area contributed by atoms with E-state index in [9.17, 15) is 5.11 Å². The number of fused-ring (bicyclic) bond motifs is 4. The number of rotatable bonds is 6. The number of aliphatic hydroxyl groups excluding tert-OH is 1. The third-order valence-corrected chi connectivity index (χ3v) is 9.81. The maximum atomic E-state index is 10.7. The molecule has 0 bridgehead atoms. The van der Waals surface area contributed by atoms with Crippen LogP contribution in [-0.4, -0.2) is 64.4 Å². The highest BCUT2D eigenvalue weighted by atomic mass is 32.1. The molecule has 188 valence electrons. The van der Waals surface area contributed by atoms with Gasteiger partial charge in [0.05, 0.1) is 31.8 Å². The van der Waals surface area contributed by atoms with Crippen molar-refractivity contribution >= 4 is 22.2 Å². The van der Waals surface area contributed by atoms with E-state index in [1.54, 1.807) is 18.4 Å². The third kappa shape index (κ3) is 4.10. The normalized spacial score (nSPS) is 23.3. The monoisotopic (exact) mass is 494 g/mol. The summed E-state index contributed by atoms with van der Waals surface area (Å²) in [6, 6.07) is 6.60. The van der Waals surface area contributed by atoms with Gasteiger partial charge in [0.25, 0.3) is 0 Å². The number of aliphatic hydroxyl groups is 1. The van der Waals surface area contributed by atoms with Gasteiger partial charge in [0.1, 0.15) is 10.8 Å². The molecule has 0 unspecified atom stereocenters. The van der Waals surface area contributed by atoms with Crippen LogP contribution >= 0.6 is 11.3 Å². The second-order valence-corrected chi connectivity index (χ2v) is 11.9. The fourth-order valence-electron chi connectivity index (χ4n) is 7.25. The Balaban J connectivity index is 1.40. The van der Waals surface area contributed by atoms with Crippen LogP contribution in [0.15, 0.2) is 29.8 Å². The number of benzene rings is 1. The zero-order valence-corrected chi connectivity index (χ0v) is 21.9. The molecule has 1 saturated heterocycles. The number of hydrogen-bond acceptors (Lipinski definition) is 6. The highest BCUT2D eigenvalue weighted by Gasteiger charge is 2.48. The van der Waals surface area contributed by atoms with Gasteiger partial charge in [0, 0.05) is 54.3 Å². The molecule has 0 amide bonds. The average Bonchev–Trinajstić information content (AvgIpc) is 3.64. The molecule has 4 heterocycles. The van der Waals surface area contributed by atoms with Crippen molar-refractivity contribution in [2.75, 3.05) is 39.9 Å². The van der Waals surface area contributed by atoms with Crippen LogP contribution in [0.3, 0.4) is 0 Å². The molecule has 2 fully saturated rings. The van der Waals surface area contributed by atoms with Gasteiger partial charge < -0.3 is 14.4 Å². The number of aromatic nitrogens is 2. The van der Waals surface area contributed by atoms with E-state index in [-0.39, 0.29) is 18.1 Å². The Hall–Kier alpha value is -1.93. The number of nitrogens with zero attached hydrogens (tertiary/aromatic N) is 4. The zero-order valence-electron chi connectivity index (χ0n) is 21.1. The quantitative estimate of drug-likeness (QED) is 0.538. The highest BCUT2D eigenvalue weighted by molar-refractivity contribution is 7.09. The van der Waals surface area contributed by atoms with Crippen LogP contribution in [0, 0.1) is 5.92 Å². The van der Waals surface area contributed by atoms with Crippen LogP contribution in [0.2, 0.25) is 0 Å². The van der Waals surface area contributed by atoms with Gasteiger partial charge in [-0.3, -0.25) is 9.80 Å². The number of hydrogen-bond donors (Lipinski definition) is 1. The molecule has 3 aromatic rings. The molecule has 3 aliphatic rings. The lowest BCUT2D eigenvalue weighted by Crippen LogP contribution is -2.54. The largest absolute Gasteiger partial charge is 0.497 e. The van der Waals surface area contributed by atoms with Gasteiger partial charge in [0.15, 0.2) is 0 Å². The van der Waals surface area contributed by atoms with Crippen LogP contribution in [0.1, 0.15) is 60.8 Å². The molecule has 2 aliphatic heterocycles. The van der Waals surface area contributed by atoms with Crippen molar-refractivity contribution in [1.29, 1.82) is 0 Å². The molecular formula is C28H38N4O2S. The SMILES string of the molecule is COc1ccc2c3c(n(C)c2c1)[C@@H](CO)N(CC1CCCC1)CC31CCN(Cc2nccs2)CC1. The van der Waals surface area contributed by atoms with Crippen LogP contribution < -0.4 is 4.74 Å². The second-order valence-electron chi connectivity index (χ2n) is 11.0. The van der Waals surface area contributed by atoms with Gasteiger partial charge in [-0.25, -0.2) is 4.98 Å². The van der Waals surface area contributed by atoms with E-state index in [0.717, 1.165) is 57.2 Å². The van der Waals surface area contributed by atoms with Gasteiger partial charge in [-0.05, 0) is 62.4 Å². The van der Waals surface area contributed by atoms with Gasteiger partial charge in [0.2, 0.25) is 0 Å². The van der Waals surface area contributed by atoms with Crippen molar-refractivity contribution < 1.29 is 9.84 Å². The van der Waals surface area contributed by atoms with Crippen LogP contribution in [-0.2, 0) is 19.0 Å². The van der Waals surface area contributed by atoms with Crippen LogP contribution in [0.4, 0.5) is 0 Å². The third-order valence-electron chi connectivity index (χ3n) is 9.04. The Morgan fingerprint density at radius 1 is 1.20 bits per heavy atom. The first-order chi connectivity index (χ1) is 17.1. The van der Waals surface area contributed by atoms with Gasteiger partial charge in [-0.2, -0.15) is 0 Å². The first kappa shape index (κ1) is 23.5. The van der Waals surface area contributed by atoms with Crippen molar-refractivity contribution in [2.45, 2.75) is 56.5 Å². The smallest absolute Gasteiger partial charge is 0.120 e. The number of methoxy groups -OCH3 is 1. The summed E-state index contributed by atoms with van der Waals surface area (Å²) in [7, 11) is 3.93. The minimum atomic E-state index is 0.0629. The molecule has 1 saturated carbocycles. The Morgan fingerprint density at radius 2 is 2.00 bits per heavy atom. The van der Waals surface area contributed by atoms with E-state index in [4.69, 9.17) is 4.74 Å². The molecule has 2 aromatic heterocycles. The predicted octanol–water partition coefficient (Wildman–Crippen LogP) is 4.72. The summed E-state index contributed by atoms with van der Waals surface area (Å²) < 4.78 is 7.95. The Bertz CT molecular complexity index is 1160. The highest BCUT2D eigenvalue weighted by Crippen LogP contribution is 2.50. The van der Waals surface area contributed by atoms with Gasteiger partial charge in [-0.1, -0.05) is 12.8 Å². The minimum Gasteiger partial charge on any atom is -0.497 e. The number of piperidine rings is 1. The van der Waals surface area contributed by atoms with Crippen molar-refractivity contribution in [1.82, 2.24) is 19.4 Å². The number of ether oxygens (including phenoxy) is 1. The average molecular weight is 495 g/mol. The molecule has 1 atom stereocenters. The summed E-state index contributed by atoms with van der Waals surface area (Å²) >= 11 is 1.76. The van der Waals surface area contributed by atoms with Gasteiger partial charge >= 0.3 is 0 Å². The molecule has 0 radical (unpaired) electrons. The second kappa shape index (κ2) is 9.51. The maximum absolute atomic E-state index is 10.7. The minimum absolute atomic E-state index is 0.0629.